The Hall–Kier alpha value is -2.43. The van der Waals surface area contributed by atoms with Crippen LogP contribution in [-0.4, -0.2) is 21.1 Å². The molecule has 2 aromatic heterocycles. The predicted octanol–water partition coefficient (Wildman–Crippen LogP) is 4.81. The molecule has 2 heterocycles. The van der Waals surface area contributed by atoms with Gasteiger partial charge in [0, 0.05) is 10.3 Å². The number of anilines is 1. The number of thiophene rings is 1. The summed E-state index contributed by atoms with van der Waals surface area (Å²) in [5.74, 6) is 0.562. The minimum atomic E-state index is -0.345. The first-order valence-electron chi connectivity index (χ1n) is 9.28. The van der Waals surface area contributed by atoms with E-state index < -0.39 is 0 Å². The molecule has 1 N–H and O–H groups in total. The Morgan fingerprint density at radius 2 is 2.21 bits per heavy atom. The number of hydrogen-bond acceptors (Lipinski definition) is 6. The quantitative estimate of drug-likeness (QED) is 0.495. The Balaban J connectivity index is 1.58. The van der Waals surface area contributed by atoms with Gasteiger partial charge in [-0.25, -0.2) is 9.97 Å². The smallest absolute Gasteiger partial charge is 0.237 e. The number of nitrogens with zero attached hydrogens (tertiary/aromatic N) is 3. The Morgan fingerprint density at radius 3 is 3.04 bits per heavy atom. The highest BCUT2D eigenvalue weighted by atomic mass is 32.2. The summed E-state index contributed by atoms with van der Waals surface area (Å²) < 4.78 is 0. The van der Waals surface area contributed by atoms with Crippen LogP contribution in [0.15, 0.2) is 35.6 Å². The van der Waals surface area contributed by atoms with Gasteiger partial charge in [-0.05, 0) is 49.8 Å². The molecule has 1 aliphatic carbocycles. The van der Waals surface area contributed by atoms with Crippen LogP contribution in [0.4, 0.5) is 5.69 Å². The lowest BCUT2D eigenvalue weighted by molar-refractivity contribution is -0.115. The molecule has 0 saturated carbocycles. The second kappa shape index (κ2) is 7.90. The lowest BCUT2D eigenvalue weighted by Crippen LogP contribution is -2.23. The van der Waals surface area contributed by atoms with Gasteiger partial charge in [-0.15, -0.1) is 11.3 Å². The van der Waals surface area contributed by atoms with Gasteiger partial charge in [0.1, 0.15) is 22.3 Å². The van der Waals surface area contributed by atoms with E-state index in [1.165, 1.54) is 28.6 Å². The van der Waals surface area contributed by atoms with Gasteiger partial charge in [-0.1, -0.05) is 30.8 Å². The second-order valence-electron chi connectivity index (χ2n) is 7.12. The fourth-order valence-electron chi connectivity index (χ4n) is 3.48. The van der Waals surface area contributed by atoms with Crippen LogP contribution in [0, 0.1) is 17.2 Å². The number of nitriles is 1. The van der Waals surface area contributed by atoms with Gasteiger partial charge in [0.25, 0.3) is 0 Å². The van der Waals surface area contributed by atoms with Crippen molar-refractivity contribution in [3.63, 3.8) is 0 Å². The number of nitrogens with one attached hydrogen (secondary N) is 1. The van der Waals surface area contributed by atoms with Crippen LogP contribution in [0.5, 0.6) is 0 Å². The minimum absolute atomic E-state index is 0.141. The standard InChI is InChI=1S/C21H20N4OS2/c1-12-7-8-15-17(9-12)28-21-18(15)20(23-11-24-21)27-13(2)19(26)25-16-6-4-3-5-14(16)10-22/h3-6,11-13H,7-9H2,1-2H3,(H,25,26)/t12-,13+/m1/s1. The number of aromatic nitrogens is 2. The summed E-state index contributed by atoms with van der Waals surface area (Å²) in [7, 11) is 0. The monoisotopic (exact) mass is 408 g/mol. The summed E-state index contributed by atoms with van der Waals surface area (Å²) in [6.07, 6.45) is 4.92. The maximum absolute atomic E-state index is 12.7. The number of para-hydroxylation sites is 1. The van der Waals surface area contributed by atoms with E-state index in [-0.39, 0.29) is 11.2 Å². The Morgan fingerprint density at radius 1 is 1.39 bits per heavy atom. The van der Waals surface area contributed by atoms with Gasteiger partial charge >= 0.3 is 0 Å². The number of benzene rings is 1. The first-order chi connectivity index (χ1) is 13.6. The highest BCUT2D eigenvalue weighted by Gasteiger charge is 2.25. The van der Waals surface area contributed by atoms with E-state index in [2.05, 4.69) is 28.3 Å². The molecule has 0 fully saturated rings. The Bertz CT molecular complexity index is 1090. The van der Waals surface area contributed by atoms with Gasteiger partial charge in [-0.3, -0.25) is 4.79 Å². The highest BCUT2D eigenvalue weighted by Crippen LogP contribution is 2.41. The molecular formula is C21H20N4OS2. The van der Waals surface area contributed by atoms with Crippen molar-refractivity contribution in [1.29, 1.82) is 5.26 Å². The van der Waals surface area contributed by atoms with Crippen molar-refractivity contribution in [2.24, 2.45) is 5.92 Å². The van der Waals surface area contributed by atoms with Crippen LogP contribution >= 0.6 is 23.1 Å². The SMILES string of the molecule is C[C@@H]1CCc2c(sc3ncnc(S[C@@H](C)C(=O)Nc4ccccc4C#N)c23)C1. The number of amides is 1. The molecule has 1 aromatic carbocycles. The molecule has 3 aromatic rings. The average Bonchev–Trinajstić information content (AvgIpc) is 3.06. The molecule has 4 rings (SSSR count). The van der Waals surface area contributed by atoms with Crippen molar-refractivity contribution in [2.75, 3.05) is 5.32 Å². The van der Waals surface area contributed by atoms with Gasteiger partial charge in [0.2, 0.25) is 5.91 Å². The maximum Gasteiger partial charge on any atom is 0.237 e. The first kappa shape index (κ1) is 18.9. The molecule has 0 bridgehead atoms. The fraction of sp³-hybridized carbons (Fsp3) is 0.333. The van der Waals surface area contributed by atoms with Crippen LogP contribution in [0.2, 0.25) is 0 Å². The lowest BCUT2D eigenvalue weighted by atomic mass is 9.89. The molecule has 28 heavy (non-hydrogen) atoms. The molecule has 0 radical (unpaired) electrons. The van der Waals surface area contributed by atoms with Crippen molar-refractivity contribution in [1.82, 2.24) is 9.97 Å². The molecule has 0 unspecified atom stereocenters. The Labute approximate surface area is 172 Å². The third-order valence-electron chi connectivity index (χ3n) is 5.02. The summed E-state index contributed by atoms with van der Waals surface area (Å²) in [6.45, 7) is 4.16. The summed E-state index contributed by atoms with van der Waals surface area (Å²) in [4.78, 5) is 24.1. The number of thioether (sulfide) groups is 1. The van der Waals surface area contributed by atoms with Crippen molar-refractivity contribution >= 4 is 44.9 Å². The molecule has 0 aliphatic heterocycles. The van der Waals surface area contributed by atoms with Crippen LogP contribution in [0.25, 0.3) is 10.2 Å². The summed E-state index contributed by atoms with van der Waals surface area (Å²) in [6, 6.07) is 9.13. The van der Waals surface area contributed by atoms with Gasteiger partial charge in [-0.2, -0.15) is 5.26 Å². The zero-order chi connectivity index (χ0) is 19.7. The summed E-state index contributed by atoms with van der Waals surface area (Å²) in [5.41, 5.74) is 2.36. The minimum Gasteiger partial charge on any atom is -0.324 e. The van der Waals surface area contributed by atoms with Gasteiger partial charge in [0.05, 0.1) is 16.5 Å². The average molecular weight is 409 g/mol. The molecule has 0 saturated heterocycles. The van der Waals surface area contributed by atoms with E-state index in [1.54, 1.807) is 41.9 Å². The van der Waals surface area contributed by atoms with Crippen LogP contribution < -0.4 is 5.32 Å². The second-order valence-corrected chi connectivity index (χ2v) is 9.53. The third kappa shape index (κ3) is 3.62. The van der Waals surface area contributed by atoms with Gasteiger partial charge < -0.3 is 5.32 Å². The number of rotatable bonds is 4. The Kier molecular flexibility index (Phi) is 5.33. The largest absolute Gasteiger partial charge is 0.324 e. The summed E-state index contributed by atoms with van der Waals surface area (Å²) >= 11 is 3.21. The van der Waals surface area contributed by atoms with Crippen molar-refractivity contribution < 1.29 is 4.79 Å². The van der Waals surface area contributed by atoms with E-state index in [4.69, 9.17) is 0 Å². The molecule has 5 nitrogen and oxygen atoms in total. The molecule has 142 valence electrons. The van der Waals surface area contributed by atoms with Crippen molar-refractivity contribution in [2.45, 2.75) is 43.4 Å². The zero-order valence-electron chi connectivity index (χ0n) is 15.7. The van der Waals surface area contributed by atoms with Crippen molar-refractivity contribution in [3.8, 4) is 6.07 Å². The number of hydrogen-bond donors (Lipinski definition) is 1. The molecule has 1 amide bonds. The van der Waals surface area contributed by atoms with E-state index >= 15 is 0 Å². The fourth-order valence-corrected chi connectivity index (χ4v) is 5.84. The van der Waals surface area contributed by atoms with Crippen LogP contribution in [-0.2, 0) is 17.6 Å². The van der Waals surface area contributed by atoms with E-state index in [0.717, 1.165) is 28.1 Å². The first-order valence-corrected chi connectivity index (χ1v) is 11.0. The van der Waals surface area contributed by atoms with Gasteiger partial charge in [0.15, 0.2) is 0 Å². The van der Waals surface area contributed by atoms with E-state index in [0.29, 0.717) is 17.2 Å². The zero-order valence-corrected chi connectivity index (χ0v) is 17.4. The number of aryl methyl sites for hydroxylation is 1. The normalized spacial score (nSPS) is 17.0. The van der Waals surface area contributed by atoms with Crippen molar-refractivity contribution in [3.05, 3.63) is 46.6 Å². The summed E-state index contributed by atoms with van der Waals surface area (Å²) in [5, 5.41) is 13.7. The third-order valence-corrected chi connectivity index (χ3v) is 7.28. The van der Waals surface area contributed by atoms with E-state index in [9.17, 15) is 10.1 Å². The molecule has 2 atom stereocenters. The highest BCUT2D eigenvalue weighted by molar-refractivity contribution is 8.00. The topological polar surface area (TPSA) is 78.7 Å². The predicted molar refractivity (Wildman–Crippen MR) is 114 cm³/mol. The molecule has 7 heteroatoms. The van der Waals surface area contributed by atoms with Crippen LogP contribution in [0.1, 0.15) is 36.3 Å². The van der Waals surface area contributed by atoms with Crippen LogP contribution in [0.3, 0.4) is 0 Å². The lowest BCUT2D eigenvalue weighted by Gasteiger charge is -2.18. The molecule has 1 aliphatic rings. The number of fused-ring (bicyclic) bond motifs is 3. The van der Waals surface area contributed by atoms with E-state index in [1.807, 2.05) is 6.92 Å². The number of carbonyl (C=O) groups is 1. The number of carbonyl (C=O) groups excluding carboxylic acids is 1. The maximum atomic E-state index is 12.7. The molecule has 0 spiro atoms. The molecular weight excluding hydrogens is 388 g/mol.